The molecule has 1 N–H and O–H groups in total. The van der Waals surface area contributed by atoms with E-state index in [0.717, 1.165) is 43.8 Å². The molecule has 0 spiro atoms. The van der Waals surface area contributed by atoms with E-state index >= 15 is 0 Å². The minimum atomic E-state index is -0.0362. The van der Waals surface area contributed by atoms with E-state index in [1.54, 1.807) is 0 Å². The molecule has 0 bridgehead atoms. The Morgan fingerprint density at radius 3 is 2.89 bits per heavy atom. The largest absolute Gasteiger partial charge is 0.444 e. The molecule has 1 amide bonds. The van der Waals surface area contributed by atoms with Crippen LogP contribution >= 0.6 is 0 Å². The Morgan fingerprint density at radius 1 is 1.47 bits per heavy atom. The van der Waals surface area contributed by atoms with E-state index in [1.165, 1.54) is 0 Å². The SMILES string of the molecule is CCCNC1CCCN(Cc2nc(C)c(C)o2)C1=O. The lowest BCUT2D eigenvalue weighted by atomic mass is 10.0. The Bertz CT molecular complexity index is 422. The smallest absolute Gasteiger partial charge is 0.240 e. The molecule has 1 aliphatic heterocycles. The second-order valence-electron chi connectivity index (χ2n) is 5.16. The molecule has 0 aromatic carbocycles. The minimum Gasteiger partial charge on any atom is -0.444 e. The number of carbonyl (C=O) groups excluding carboxylic acids is 1. The number of hydrogen-bond acceptors (Lipinski definition) is 4. The third-order valence-electron chi connectivity index (χ3n) is 3.57. The Labute approximate surface area is 114 Å². The van der Waals surface area contributed by atoms with Crippen LogP contribution in [0.15, 0.2) is 4.42 Å². The highest BCUT2D eigenvalue weighted by Gasteiger charge is 2.29. The van der Waals surface area contributed by atoms with Crippen molar-refractivity contribution >= 4 is 5.91 Å². The second kappa shape index (κ2) is 6.19. The van der Waals surface area contributed by atoms with Crippen molar-refractivity contribution in [1.29, 1.82) is 0 Å². The summed E-state index contributed by atoms with van der Waals surface area (Å²) in [6, 6.07) is -0.0362. The molecule has 1 saturated heterocycles. The highest BCUT2D eigenvalue weighted by molar-refractivity contribution is 5.82. The van der Waals surface area contributed by atoms with Gasteiger partial charge in [-0.3, -0.25) is 4.79 Å². The van der Waals surface area contributed by atoms with E-state index < -0.39 is 0 Å². The molecular weight excluding hydrogens is 242 g/mol. The number of aromatic nitrogens is 1. The van der Waals surface area contributed by atoms with Crippen molar-refractivity contribution in [3.05, 3.63) is 17.3 Å². The summed E-state index contributed by atoms with van der Waals surface area (Å²) in [5, 5.41) is 3.31. The third-order valence-corrected chi connectivity index (χ3v) is 3.57. The van der Waals surface area contributed by atoms with E-state index in [4.69, 9.17) is 4.42 Å². The number of rotatable bonds is 5. The van der Waals surface area contributed by atoms with Crippen LogP contribution in [-0.2, 0) is 11.3 Å². The molecule has 1 aromatic rings. The van der Waals surface area contributed by atoms with Crippen molar-refractivity contribution in [2.45, 2.75) is 52.6 Å². The molecule has 2 heterocycles. The second-order valence-corrected chi connectivity index (χ2v) is 5.16. The van der Waals surface area contributed by atoms with Crippen LogP contribution < -0.4 is 5.32 Å². The van der Waals surface area contributed by atoms with Crippen molar-refractivity contribution in [3.63, 3.8) is 0 Å². The van der Waals surface area contributed by atoms with Gasteiger partial charge >= 0.3 is 0 Å². The van der Waals surface area contributed by atoms with Gasteiger partial charge in [0.1, 0.15) is 5.76 Å². The van der Waals surface area contributed by atoms with Gasteiger partial charge in [-0.2, -0.15) is 0 Å². The zero-order chi connectivity index (χ0) is 13.8. The molecule has 0 aliphatic carbocycles. The van der Waals surface area contributed by atoms with Gasteiger partial charge in [-0.15, -0.1) is 0 Å². The zero-order valence-electron chi connectivity index (χ0n) is 12.0. The topological polar surface area (TPSA) is 58.4 Å². The maximum atomic E-state index is 12.3. The van der Waals surface area contributed by atoms with Gasteiger partial charge in [-0.1, -0.05) is 6.92 Å². The van der Waals surface area contributed by atoms with Gasteiger partial charge in [0.05, 0.1) is 18.3 Å². The molecule has 5 nitrogen and oxygen atoms in total. The van der Waals surface area contributed by atoms with Gasteiger partial charge in [0, 0.05) is 6.54 Å². The van der Waals surface area contributed by atoms with Crippen molar-refractivity contribution in [2.24, 2.45) is 0 Å². The molecule has 2 rings (SSSR count). The monoisotopic (exact) mass is 265 g/mol. The summed E-state index contributed by atoms with van der Waals surface area (Å²) in [7, 11) is 0. The van der Waals surface area contributed by atoms with Crippen LogP contribution in [0.25, 0.3) is 0 Å². The molecule has 106 valence electrons. The van der Waals surface area contributed by atoms with Gasteiger partial charge in [0.2, 0.25) is 11.8 Å². The number of hydrogen-bond donors (Lipinski definition) is 1. The summed E-state index contributed by atoms with van der Waals surface area (Å²) in [5.74, 6) is 1.65. The number of oxazole rings is 1. The van der Waals surface area contributed by atoms with Crippen LogP contribution in [0.5, 0.6) is 0 Å². The van der Waals surface area contributed by atoms with Gasteiger partial charge < -0.3 is 14.6 Å². The molecule has 1 aliphatic rings. The van der Waals surface area contributed by atoms with Gasteiger partial charge in [0.15, 0.2) is 0 Å². The Hall–Kier alpha value is -1.36. The first-order valence-electron chi connectivity index (χ1n) is 7.07. The standard InChI is InChI=1S/C14H23N3O2/c1-4-7-15-12-6-5-8-17(14(12)18)9-13-16-10(2)11(3)19-13/h12,15H,4-9H2,1-3H3. The Morgan fingerprint density at radius 2 is 2.26 bits per heavy atom. The quantitative estimate of drug-likeness (QED) is 0.881. The number of nitrogens with zero attached hydrogens (tertiary/aromatic N) is 2. The number of likely N-dealkylation sites (tertiary alicyclic amines) is 1. The third kappa shape index (κ3) is 3.35. The summed E-state index contributed by atoms with van der Waals surface area (Å²) in [6.07, 6.45) is 3.01. The molecule has 1 fully saturated rings. The van der Waals surface area contributed by atoms with Crippen LogP contribution in [-0.4, -0.2) is 34.9 Å². The van der Waals surface area contributed by atoms with E-state index in [0.29, 0.717) is 12.4 Å². The fourth-order valence-electron chi connectivity index (χ4n) is 2.38. The van der Waals surface area contributed by atoms with E-state index in [2.05, 4.69) is 17.2 Å². The van der Waals surface area contributed by atoms with Gasteiger partial charge in [0.25, 0.3) is 0 Å². The summed E-state index contributed by atoms with van der Waals surface area (Å²) < 4.78 is 5.56. The first kappa shape index (κ1) is 14.1. The summed E-state index contributed by atoms with van der Waals surface area (Å²) in [6.45, 7) is 8.10. The van der Waals surface area contributed by atoms with Crippen molar-refractivity contribution < 1.29 is 9.21 Å². The molecular formula is C14H23N3O2. The minimum absolute atomic E-state index is 0.0362. The predicted molar refractivity (Wildman–Crippen MR) is 72.7 cm³/mol. The average Bonchev–Trinajstić information content (AvgIpc) is 2.69. The van der Waals surface area contributed by atoms with Crippen LogP contribution in [0.2, 0.25) is 0 Å². The summed E-state index contributed by atoms with van der Waals surface area (Å²) in [5.41, 5.74) is 0.903. The zero-order valence-corrected chi connectivity index (χ0v) is 12.0. The van der Waals surface area contributed by atoms with Crippen LogP contribution in [0.4, 0.5) is 0 Å². The molecule has 1 aromatic heterocycles. The lowest BCUT2D eigenvalue weighted by Crippen LogP contribution is -2.50. The first-order valence-corrected chi connectivity index (χ1v) is 7.07. The highest BCUT2D eigenvalue weighted by Crippen LogP contribution is 2.16. The highest BCUT2D eigenvalue weighted by atomic mass is 16.4. The lowest BCUT2D eigenvalue weighted by Gasteiger charge is -2.31. The number of amides is 1. The van der Waals surface area contributed by atoms with Crippen molar-refractivity contribution in [2.75, 3.05) is 13.1 Å². The molecule has 1 atom stereocenters. The fraction of sp³-hybridized carbons (Fsp3) is 0.714. The lowest BCUT2D eigenvalue weighted by molar-refractivity contribution is -0.137. The maximum absolute atomic E-state index is 12.3. The van der Waals surface area contributed by atoms with Crippen LogP contribution in [0, 0.1) is 13.8 Å². The molecule has 5 heteroatoms. The van der Waals surface area contributed by atoms with Crippen molar-refractivity contribution in [1.82, 2.24) is 15.2 Å². The fourth-order valence-corrected chi connectivity index (χ4v) is 2.38. The molecule has 19 heavy (non-hydrogen) atoms. The normalized spacial score (nSPS) is 20.1. The number of nitrogens with one attached hydrogen (secondary N) is 1. The Balaban J connectivity index is 1.97. The van der Waals surface area contributed by atoms with Crippen LogP contribution in [0.1, 0.15) is 43.5 Å². The van der Waals surface area contributed by atoms with Gasteiger partial charge in [-0.25, -0.2) is 4.98 Å². The van der Waals surface area contributed by atoms with Crippen molar-refractivity contribution in [3.8, 4) is 0 Å². The molecule has 0 saturated carbocycles. The van der Waals surface area contributed by atoms with E-state index in [-0.39, 0.29) is 11.9 Å². The maximum Gasteiger partial charge on any atom is 0.240 e. The van der Waals surface area contributed by atoms with E-state index in [9.17, 15) is 4.79 Å². The Kier molecular flexibility index (Phi) is 4.58. The number of carbonyl (C=O) groups is 1. The van der Waals surface area contributed by atoms with Gasteiger partial charge in [-0.05, 0) is 39.7 Å². The average molecular weight is 265 g/mol. The molecule has 0 radical (unpaired) electrons. The first-order chi connectivity index (χ1) is 9.11. The van der Waals surface area contributed by atoms with E-state index in [1.807, 2.05) is 18.7 Å². The van der Waals surface area contributed by atoms with Crippen LogP contribution in [0.3, 0.4) is 0 Å². The predicted octanol–water partition coefficient (Wildman–Crippen LogP) is 1.78. The summed E-state index contributed by atoms with van der Waals surface area (Å²) >= 11 is 0. The summed E-state index contributed by atoms with van der Waals surface area (Å²) in [4.78, 5) is 18.5. The number of piperidine rings is 1. The number of aryl methyl sites for hydroxylation is 2. The molecule has 1 unspecified atom stereocenters.